The molecule has 0 bridgehead atoms. The molecule has 0 aliphatic heterocycles. The largest absolute Gasteiger partial charge is 0.493 e. The second-order valence-corrected chi connectivity index (χ2v) is 4.34. The van der Waals surface area contributed by atoms with Crippen LogP contribution in [0.15, 0.2) is 18.2 Å². The third kappa shape index (κ3) is 3.05. The second kappa shape index (κ2) is 5.10. The van der Waals surface area contributed by atoms with Crippen molar-refractivity contribution >= 4 is 5.69 Å². The molecule has 0 aromatic heterocycles. The van der Waals surface area contributed by atoms with Crippen molar-refractivity contribution in [2.75, 3.05) is 19.5 Å². The Balaban J connectivity index is 1.83. The molecule has 1 aromatic rings. The first kappa shape index (κ1) is 11.1. The van der Waals surface area contributed by atoms with E-state index in [0.717, 1.165) is 30.4 Å². The van der Waals surface area contributed by atoms with Crippen molar-refractivity contribution in [3.05, 3.63) is 18.2 Å². The molecule has 0 saturated heterocycles. The zero-order chi connectivity index (χ0) is 11.4. The Morgan fingerprint density at radius 3 is 2.81 bits per heavy atom. The van der Waals surface area contributed by atoms with Crippen LogP contribution in [0.1, 0.15) is 25.7 Å². The van der Waals surface area contributed by atoms with Gasteiger partial charge in [0.1, 0.15) is 0 Å². The summed E-state index contributed by atoms with van der Waals surface area (Å²) in [7, 11) is 1.64. The predicted molar refractivity (Wildman–Crippen MR) is 64.9 cm³/mol. The van der Waals surface area contributed by atoms with Gasteiger partial charge in [0.15, 0.2) is 11.5 Å². The zero-order valence-electron chi connectivity index (χ0n) is 9.74. The number of rotatable bonds is 6. The molecular formula is C13H19NO2. The molecule has 16 heavy (non-hydrogen) atoms. The van der Waals surface area contributed by atoms with E-state index in [1.165, 1.54) is 19.3 Å². The maximum Gasteiger partial charge on any atom is 0.163 e. The molecule has 3 nitrogen and oxygen atoms in total. The first-order valence-electron chi connectivity index (χ1n) is 5.86. The quantitative estimate of drug-likeness (QED) is 0.593. The number of benzene rings is 1. The smallest absolute Gasteiger partial charge is 0.163 e. The SMILES string of the molecule is COc1ccc(N)cc1OCCCC1CC1. The highest BCUT2D eigenvalue weighted by Crippen LogP contribution is 2.34. The minimum atomic E-state index is 0.706. The molecule has 0 radical (unpaired) electrons. The summed E-state index contributed by atoms with van der Waals surface area (Å²) in [5.74, 6) is 2.46. The summed E-state index contributed by atoms with van der Waals surface area (Å²) < 4.78 is 10.9. The summed E-state index contributed by atoms with van der Waals surface area (Å²) in [5, 5.41) is 0. The number of ether oxygens (including phenoxy) is 2. The molecule has 0 atom stereocenters. The van der Waals surface area contributed by atoms with Crippen LogP contribution in [0.3, 0.4) is 0 Å². The lowest BCUT2D eigenvalue weighted by molar-refractivity contribution is 0.284. The minimum absolute atomic E-state index is 0.706. The van der Waals surface area contributed by atoms with Crippen LogP contribution in [0.5, 0.6) is 11.5 Å². The third-order valence-corrected chi connectivity index (χ3v) is 2.90. The van der Waals surface area contributed by atoms with Crippen molar-refractivity contribution in [2.24, 2.45) is 5.92 Å². The standard InChI is InChI=1S/C13H19NO2/c1-15-12-7-6-11(14)9-13(12)16-8-2-3-10-4-5-10/h6-7,9-10H,2-5,8,14H2,1H3. The zero-order valence-corrected chi connectivity index (χ0v) is 9.74. The van der Waals surface area contributed by atoms with E-state index in [2.05, 4.69) is 0 Å². The van der Waals surface area contributed by atoms with E-state index in [1.54, 1.807) is 7.11 Å². The van der Waals surface area contributed by atoms with Crippen molar-refractivity contribution in [2.45, 2.75) is 25.7 Å². The Kier molecular flexibility index (Phi) is 3.54. The third-order valence-electron chi connectivity index (χ3n) is 2.90. The van der Waals surface area contributed by atoms with E-state index in [0.29, 0.717) is 5.69 Å². The number of hydrogen-bond acceptors (Lipinski definition) is 3. The van der Waals surface area contributed by atoms with Gasteiger partial charge in [0.05, 0.1) is 13.7 Å². The van der Waals surface area contributed by atoms with Crippen LogP contribution in [-0.2, 0) is 0 Å². The van der Waals surface area contributed by atoms with E-state index >= 15 is 0 Å². The molecule has 1 fully saturated rings. The molecule has 0 spiro atoms. The van der Waals surface area contributed by atoms with Gasteiger partial charge in [-0.05, 0) is 30.9 Å². The van der Waals surface area contributed by atoms with E-state index in [9.17, 15) is 0 Å². The first-order chi connectivity index (χ1) is 7.79. The number of nitrogens with two attached hydrogens (primary N) is 1. The van der Waals surface area contributed by atoms with Gasteiger partial charge in [-0.15, -0.1) is 0 Å². The monoisotopic (exact) mass is 221 g/mol. The average Bonchev–Trinajstić information content (AvgIpc) is 3.08. The van der Waals surface area contributed by atoms with Gasteiger partial charge in [0.2, 0.25) is 0 Å². The lowest BCUT2D eigenvalue weighted by atomic mass is 10.2. The van der Waals surface area contributed by atoms with E-state index in [4.69, 9.17) is 15.2 Å². The maximum atomic E-state index is 5.71. The molecule has 2 N–H and O–H groups in total. The van der Waals surface area contributed by atoms with Crippen LogP contribution in [-0.4, -0.2) is 13.7 Å². The van der Waals surface area contributed by atoms with Gasteiger partial charge in [-0.1, -0.05) is 12.8 Å². The fourth-order valence-electron chi connectivity index (χ4n) is 1.77. The van der Waals surface area contributed by atoms with Crippen LogP contribution < -0.4 is 15.2 Å². The topological polar surface area (TPSA) is 44.5 Å². The molecule has 0 heterocycles. The van der Waals surface area contributed by atoms with Crippen LogP contribution in [0.2, 0.25) is 0 Å². The summed E-state index contributed by atoms with van der Waals surface area (Å²) >= 11 is 0. The van der Waals surface area contributed by atoms with Crippen LogP contribution in [0.4, 0.5) is 5.69 Å². The van der Waals surface area contributed by atoms with Crippen molar-refractivity contribution in [3.8, 4) is 11.5 Å². The molecule has 88 valence electrons. The highest BCUT2D eigenvalue weighted by atomic mass is 16.5. The van der Waals surface area contributed by atoms with Gasteiger partial charge in [-0.2, -0.15) is 0 Å². The van der Waals surface area contributed by atoms with Gasteiger partial charge in [0.25, 0.3) is 0 Å². The Labute approximate surface area is 96.5 Å². The fraction of sp³-hybridized carbons (Fsp3) is 0.538. The molecule has 2 rings (SSSR count). The summed E-state index contributed by atoms with van der Waals surface area (Å²) in [6.07, 6.45) is 5.20. The average molecular weight is 221 g/mol. The lowest BCUT2D eigenvalue weighted by Crippen LogP contribution is -2.00. The Hall–Kier alpha value is -1.38. The van der Waals surface area contributed by atoms with Gasteiger partial charge in [-0.25, -0.2) is 0 Å². The van der Waals surface area contributed by atoms with Crippen LogP contribution >= 0.6 is 0 Å². The molecule has 0 amide bonds. The highest BCUT2D eigenvalue weighted by molar-refractivity contribution is 5.51. The van der Waals surface area contributed by atoms with E-state index in [-0.39, 0.29) is 0 Å². The van der Waals surface area contributed by atoms with E-state index in [1.807, 2.05) is 18.2 Å². The minimum Gasteiger partial charge on any atom is -0.493 e. The summed E-state index contributed by atoms with van der Waals surface area (Å²) in [5.41, 5.74) is 6.42. The Morgan fingerprint density at radius 2 is 2.12 bits per heavy atom. The molecule has 3 heteroatoms. The summed E-state index contributed by atoms with van der Waals surface area (Å²) in [6.45, 7) is 0.746. The van der Waals surface area contributed by atoms with Crippen molar-refractivity contribution in [3.63, 3.8) is 0 Å². The van der Waals surface area contributed by atoms with E-state index < -0.39 is 0 Å². The Bertz CT molecular complexity index is 348. The van der Waals surface area contributed by atoms with Crippen molar-refractivity contribution in [1.82, 2.24) is 0 Å². The number of methoxy groups -OCH3 is 1. The molecule has 1 aromatic carbocycles. The lowest BCUT2D eigenvalue weighted by Gasteiger charge is -2.10. The molecular weight excluding hydrogens is 202 g/mol. The molecule has 1 saturated carbocycles. The van der Waals surface area contributed by atoms with Gasteiger partial charge in [0, 0.05) is 11.8 Å². The molecule has 1 aliphatic carbocycles. The maximum absolute atomic E-state index is 5.71. The number of nitrogen functional groups attached to an aromatic ring is 1. The summed E-state index contributed by atoms with van der Waals surface area (Å²) in [4.78, 5) is 0. The molecule has 1 aliphatic rings. The number of hydrogen-bond donors (Lipinski definition) is 1. The fourth-order valence-corrected chi connectivity index (χ4v) is 1.77. The molecule has 0 unspecified atom stereocenters. The van der Waals surface area contributed by atoms with Gasteiger partial charge in [-0.3, -0.25) is 0 Å². The normalized spacial score (nSPS) is 14.8. The van der Waals surface area contributed by atoms with Gasteiger partial charge < -0.3 is 15.2 Å². The van der Waals surface area contributed by atoms with Crippen LogP contribution in [0, 0.1) is 5.92 Å². The predicted octanol–water partition coefficient (Wildman–Crippen LogP) is 2.85. The van der Waals surface area contributed by atoms with Crippen LogP contribution in [0.25, 0.3) is 0 Å². The summed E-state index contributed by atoms with van der Waals surface area (Å²) in [6, 6.07) is 5.47. The first-order valence-corrected chi connectivity index (χ1v) is 5.86. The van der Waals surface area contributed by atoms with Crippen molar-refractivity contribution < 1.29 is 9.47 Å². The second-order valence-electron chi connectivity index (χ2n) is 4.34. The Morgan fingerprint density at radius 1 is 1.31 bits per heavy atom. The number of anilines is 1. The highest BCUT2D eigenvalue weighted by Gasteiger charge is 2.20. The van der Waals surface area contributed by atoms with Gasteiger partial charge >= 0.3 is 0 Å². The van der Waals surface area contributed by atoms with Crippen molar-refractivity contribution in [1.29, 1.82) is 0 Å².